The molecule has 10 heteroatoms. The van der Waals surface area contributed by atoms with Crippen molar-refractivity contribution in [3.05, 3.63) is 54.1 Å². The van der Waals surface area contributed by atoms with Gasteiger partial charge in [0.05, 0.1) is 12.5 Å². The lowest BCUT2D eigenvalue weighted by Gasteiger charge is -2.19. The molecule has 168 valence electrons. The summed E-state index contributed by atoms with van der Waals surface area (Å²) in [5, 5.41) is 7.24. The van der Waals surface area contributed by atoms with Crippen LogP contribution in [0.3, 0.4) is 0 Å². The van der Waals surface area contributed by atoms with Crippen molar-refractivity contribution in [2.45, 2.75) is 19.4 Å². The Hall–Kier alpha value is -4.08. The number of imide groups is 1. The van der Waals surface area contributed by atoms with Crippen LogP contribution in [0.25, 0.3) is 0 Å². The molecule has 0 saturated carbocycles. The lowest BCUT2D eigenvalue weighted by molar-refractivity contribution is -0.148. The molecule has 1 heterocycles. The van der Waals surface area contributed by atoms with Gasteiger partial charge >= 0.3 is 12.0 Å². The number of benzene rings is 2. The van der Waals surface area contributed by atoms with E-state index in [1.165, 1.54) is 6.92 Å². The highest BCUT2D eigenvalue weighted by Crippen LogP contribution is 2.32. The number of anilines is 1. The molecular formula is C22H23N3O7. The number of fused-ring (bicyclic) bond motifs is 1. The van der Waals surface area contributed by atoms with Crippen molar-refractivity contribution in [3.8, 4) is 11.5 Å². The average Bonchev–Trinajstić information content (AvgIpc) is 2.77. The van der Waals surface area contributed by atoms with Gasteiger partial charge in [0.25, 0.3) is 5.91 Å². The van der Waals surface area contributed by atoms with Gasteiger partial charge in [-0.1, -0.05) is 30.3 Å². The summed E-state index contributed by atoms with van der Waals surface area (Å²) in [6.45, 7) is 1.55. The summed E-state index contributed by atoms with van der Waals surface area (Å²) in [6.07, 6.45) is -0.166. The summed E-state index contributed by atoms with van der Waals surface area (Å²) in [4.78, 5) is 47.6. The molecule has 3 rings (SSSR count). The maximum Gasteiger partial charge on any atom is 0.325 e. The molecule has 0 aromatic heterocycles. The van der Waals surface area contributed by atoms with E-state index in [-0.39, 0.29) is 12.3 Å². The number of amides is 4. The zero-order valence-corrected chi connectivity index (χ0v) is 17.4. The van der Waals surface area contributed by atoms with Gasteiger partial charge < -0.3 is 24.8 Å². The summed E-state index contributed by atoms with van der Waals surface area (Å²) in [5.41, 5.74) is 1.13. The predicted octanol–water partition coefficient (Wildman–Crippen LogP) is 1.92. The quantitative estimate of drug-likeness (QED) is 0.559. The Balaban J connectivity index is 1.45. The Bertz CT molecular complexity index is 994. The van der Waals surface area contributed by atoms with Crippen LogP contribution in [0.1, 0.15) is 24.9 Å². The number of carbonyl (C=O) groups excluding carboxylic acids is 4. The molecule has 0 unspecified atom stereocenters. The van der Waals surface area contributed by atoms with Crippen LogP contribution in [0.2, 0.25) is 0 Å². The number of hydrogen-bond donors (Lipinski definition) is 3. The van der Waals surface area contributed by atoms with Crippen molar-refractivity contribution in [1.29, 1.82) is 0 Å². The predicted molar refractivity (Wildman–Crippen MR) is 113 cm³/mol. The van der Waals surface area contributed by atoms with Crippen molar-refractivity contribution < 1.29 is 33.4 Å². The topological polar surface area (TPSA) is 132 Å². The SMILES string of the molecule is CC(=O)N[C@H](CC(=O)OCC(=O)NC(=O)Nc1ccc2c(c1)OCCO2)c1ccccc1. The Morgan fingerprint density at radius 2 is 1.72 bits per heavy atom. The zero-order valence-electron chi connectivity index (χ0n) is 17.4. The maximum absolute atomic E-state index is 12.1. The van der Waals surface area contributed by atoms with E-state index in [1.807, 2.05) is 6.07 Å². The number of rotatable bonds is 7. The third kappa shape index (κ3) is 6.73. The van der Waals surface area contributed by atoms with Crippen LogP contribution in [0.4, 0.5) is 10.5 Å². The molecule has 1 aliphatic heterocycles. The molecule has 0 radical (unpaired) electrons. The third-order valence-corrected chi connectivity index (χ3v) is 4.37. The molecule has 0 bridgehead atoms. The molecule has 4 amide bonds. The Morgan fingerprint density at radius 1 is 1.00 bits per heavy atom. The van der Waals surface area contributed by atoms with Gasteiger partial charge in [-0.25, -0.2) is 4.79 Å². The van der Waals surface area contributed by atoms with Crippen molar-refractivity contribution >= 4 is 29.5 Å². The minimum absolute atomic E-state index is 0.166. The third-order valence-electron chi connectivity index (χ3n) is 4.37. The van der Waals surface area contributed by atoms with E-state index in [4.69, 9.17) is 14.2 Å². The van der Waals surface area contributed by atoms with E-state index in [9.17, 15) is 19.2 Å². The van der Waals surface area contributed by atoms with Gasteiger partial charge in [0.2, 0.25) is 5.91 Å². The fourth-order valence-corrected chi connectivity index (χ4v) is 3.00. The standard InChI is InChI=1S/C22H23N3O7/c1-14(26)23-17(15-5-3-2-4-6-15)12-21(28)32-13-20(27)25-22(29)24-16-7-8-18-19(11-16)31-10-9-30-18/h2-8,11,17H,9-10,12-13H2,1H3,(H,23,26)(H2,24,25,27,29)/t17-/m1/s1. The maximum atomic E-state index is 12.1. The number of esters is 1. The first-order valence-electron chi connectivity index (χ1n) is 9.89. The number of urea groups is 1. The van der Waals surface area contributed by atoms with Gasteiger partial charge in [0.1, 0.15) is 13.2 Å². The van der Waals surface area contributed by atoms with E-state index in [0.29, 0.717) is 30.4 Å². The first-order chi connectivity index (χ1) is 15.4. The van der Waals surface area contributed by atoms with Crippen LogP contribution in [0, 0.1) is 0 Å². The zero-order chi connectivity index (χ0) is 22.9. The average molecular weight is 441 g/mol. The van der Waals surface area contributed by atoms with Gasteiger partial charge in [-0.15, -0.1) is 0 Å². The lowest BCUT2D eigenvalue weighted by atomic mass is 10.0. The van der Waals surface area contributed by atoms with Crippen molar-refractivity contribution in [2.75, 3.05) is 25.1 Å². The van der Waals surface area contributed by atoms with Crippen LogP contribution in [0.15, 0.2) is 48.5 Å². The van der Waals surface area contributed by atoms with Crippen molar-refractivity contribution in [3.63, 3.8) is 0 Å². The normalized spacial score (nSPS) is 12.8. The van der Waals surface area contributed by atoms with Gasteiger partial charge in [-0.3, -0.25) is 19.7 Å². The number of carbonyl (C=O) groups is 4. The minimum Gasteiger partial charge on any atom is -0.486 e. The second kappa shape index (κ2) is 10.8. The largest absolute Gasteiger partial charge is 0.486 e. The number of nitrogens with one attached hydrogen (secondary N) is 3. The van der Waals surface area contributed by atoms with Gasteiger partial charge in [0.15, 0.2) is 18.1 Å². The Morgan fingerprint density at radius 3 is 2.44 bits per heavy atom. The molecule has 1 atom stereocenters. The summed E-state index contributed by atoms with van der Waals surface area (Å²) in [7, 11) is 0. The van der Waals surface area contributed by atoms with Gasteiger partial charge in [0, 0.05) is 18.7 Å². The lowest BCUT2D eigenvalue weighted by Crippen LogP contribution is -2.37. The van der Waals surface area contributed by atoms with Gasteiger partial charge in [-0.2, -0.15) is 0 Å². The van der Waals surface area contributed by atoms with Crippen molar-refractivity contribution in [1.82, 2.24) is 10.6 Å². The number of ether oxygens (including phenoxy) is 3. The molecule has 32 heavy (non-hydrogen) atoms. The van der Waals surface area contributed by atoms with Crippen LogP contribution in [-0.4, -0.2) is 43.6 Å². The summed E-state index contributed by atoms with van der Waals surface area (Å²) >= 11 is 0. The second-order valence-electron chi connectivity index (χ2n) is 6.89. The highest BCUT2D eigenvalue weighted by atomic mass is 16.6. The van der Waals surface area contributed by atoms with E-state index < -0.39 is 30.6 Å². The molecular weight excluding hydrogens is 418 g/mol. The van der Waals surface area contributed by atoms with E-state index in [2.05, 4.69) is 16.0 Å². The van der Waals surface area contributed by atoms with E-state index in [0.717, 1.165) is 5.56 Å². The van der Waals surface area contributed by atoms with Crippen LogP contribution >= 0.6 is 0 Å². The number of hydrogen-bond acceptors (Lipinski definition) is 7. The molecule has 10 nitrogen and oxygen atoms in total. The molecule has 3 N–H and O–H groups in total. The second-order valence-corrected chi connectivity index (χ2v) is 6.89. The van der Waals surface area contributed by atoms with Crippen LogP contribution in [0.5, 0.6) is 11.5 Å². The molecule has 1 aliphatic rings. The van der Waals surface area contributed by atoms with Crippen LogP contribution < -0.4 is 25.4 Å². The highest BCUT2D eigenvalue weighted by molar-refractivity contribution is 6.02. The smallest absolute Gasteiger partial charge is 0.325 e. The fourth-order valence-electron chi connectivity index (χ4n) is 3.00. The first-order valence-corrected chi connectivity index (χ1v) is 9.89. The van der Waals surface area contributed by atoms with E-state index >= 15 is 0 Å². The molecule has 2 aromatic carbocycles. The Labute approximate surface area is 184 Å². The molecule has 0 spiro atoms. The Kier molecular flexibility index (Phi) is 7.63. The molecule has 0 saturated heterocycles. The molecule has 2 aromatic rings. The van der Waals surface area contributed by atoms with Crippen molar-refractivity contribution in [2.24, 2.45) is 0 Å². The van der Waals surface area contributed by atoms with E-state index in [1.54, 1.807) is 42.5 Å². The minimum atomic E-state index is -0.802. The summed E-state index contributed by atoms with van der Waals surface area (Å²) in [6, 6.07) is 12.3. The molecule has 0 fully saturated rings. The highest BCUT2D eigenvalue weighted by Gasteiger charge is 2.19. The van der Waals surface area contributed by atoms with Crippen LogP contribution in [-0.2, 0) is 19.1 Å². The summed E-state index contributed by atoms with van der Waals surface area (Å²) in [5.74, 6) is -0.751. The summed E-state index contributed by atoms with van der Waals surface area (Å²) < 4.78 is 15.8. The fraction of sp³-hybridized carbons (Fsp3) is 0.273. The first kappa shape index (κ1) is 22.6. The van der Waals surface area contributed by atoms with Gasteiger partial charge in [-0.05, 0) is 17.7 Å². The monoisotopic (exact) mass is 441 g/mol. The molecule has 0 aliphatic carbocycles.